The van der Waals surface area contributed by atoms with Crippen LogP contribution in [0, 0.1) is 12.7 Å². The second-order valence-corrected chi connectivity index (χ2v) is 5.68. The monoisotopic (exact) mass is 292 g/mol. The van der Waals surface area contributed by atoms with E-state index in [1.807, 2.05) is 25.1 Å². The van der Waals surface area contributed by atoms with Gasteiger partial charge in [-0.1, -0.05) is 29.0 Å². The molecule has 3 aromatic rings. The van der Waals surface area contributed by atoms with Crippen LogP contribution in [-0.2, 0) is 0 Å². The summed E-state index contributed by atoms with van der Waals surface area (Å²) in [6.45, 7) is 1.98. The molecule has 0 unspecified atom stereocenters. The van der Waals surface area contributed by atoms with Crippen molar-refractivity contribution in [2.75, 3.05) is 5.32 Å². The van der Waals surface area contributed by atoms with Gasteiger partial charge in [0.05, 0.1) is 20.9 Å². The number of fused-ring (bicyclic) bond motifs is 1. The second kappa shape index (κ2) is 4.79. The molecule has 0 amide bonds. The molecular formula is C14H10ClFN2S. The number of nitrogens with zero attached hydrogens (tertiary/aromatic N) is 1. The van der Waals surface area contributed by atoms with E-state index in [1.54, 1.807) is 6.07 Å². The molecule has 0 spiro atoms. The van der Waals surface area contributed by atoms with Gasteiger partial charge in [-0.15, -0.1) is 0 Å². The summed E-state index contributed by atoms with van der Waals surface area (Å²) in [6, 6.07) is 10.4. The lowest BCUT2D eigenvalue weighted by Gasteiger charge is -2.05. The summed E-state index contributed by atoms with van der Waals surface area (Å²) in [7, 11) is 0. The number of nitrogens with one attached hydrogen (secondary N) is 1. The van der Waals surface area contributed by atoms with Crippen LogP contribution in [0.5, 0.6) is 0 Å². The first-order valence-electron chi connectivity index (χ1n) is 5.71. The summed E-state index contributed by atoms with van der Waals surface area (Å²) in [4.78, 5) is 4.34. The molecule has 0 aliphatic heterocycles. The van der Waals surface area contributed by atoms with Crippen LogP contribution < -0.4 is 5.32 Å². The lowest BCUT2D eigenvalue weighted by molar-refractivity contribution is 0.629. The fraction of sp³-hybridized carbons (Fsp3) is 0.0714. The molecule has 0 saturated carbocycles. The Hall–Kier alpha value is -1.65. The minimum atomic E-state index is -0.280. The van der Waals surface area contributed by atoms with E-state index in [0.29, 0.717) is 15.7 Å². The molecule has 3 rings (SSSR count). The van der Waals surface area contributed by atoms with Crippen LogP contribution >= 0.6 is 22.9 Å². The van der Waals surface area contributed by atoms with Crippen LogP contribution in [-0.4, -0.2) is 4.98 Å². The van der Waals surface area contributed by atoms with Gasteiger partial charge in [-0.2, -0.15) is 0 Å². The Morgan fingerprint density at radius 2 is 2.05 bits per heavy atom. The van der Waals surface area contributed by atoms with E-state index in [-0.39, 0.29) is 5.82 Å². The van der Waals surface area contributed by atoms with Gasteiger partial charge in [0.2, 0.25) is 0 Å². The molecule has 0 radical (unpaired) electrons. The van der Waals surface area contributed by atoms with Crippen LogP contribution in [0.15, 0.2) is 36.4 Å². The molecule has 19 heavy (non-hydrogen) atoms. The average Bonchev–Trinajstić information content (AvgIpc) is 2.74. The van der Waals surface area contributed by atoms with Crippen molar-refractivity contribution in [1.82, 2.24) is 4.98 Å². The van der Waals surface area contributed by atoms with E-state index < -0.39 is 0 Å². The van der Waals surface area contributed by atoms with Crippen molar-refractivity contribution in [2.24, 2.45) is 0 Å². The van der Waals surface area contributed by atoms with Gasteiger partial charge in [0.1, 0.15) is 5.82 Å². The van der Waals surface area contributed by atoms with Gasteiger partial charge < -0.3 is 5.32 Å². The fourth-order valence-electron chi connectivity index (χ4n) is 1.79. The van der Waals surface area contributed by atoms with Crippen molar-refractivity contribution in [1.29, 1.82) is 0 Å². The van der Waals surface area contributed by atoms with E-state index in [2.05, 4.69) is 10.3 Å². The van der Waals surface area contributed by atoms with Crippen molar-refractivity contribution in [3.8, 4) is 0 Å². The number of aryl methyl sites for hydroxylation is 1. The standard InChI is InChI=1S/C14H10ClFN2S/c1-8-2-4-11(10(15)6-8)17-14-18-12-7-9(16)3-5-13(12)19-14/h2-7H,1H3,(H,17,18). The molecule has 5 heteroatoms. The van der Waals surface area contributed by atoms with Crippen LogP contribution in [0.25, 0.3) is 10.2 Å². The molecule has 1 aromatic heterocycles. The second-order valence-electron chi connectivity index (χ2n) is 4.24. The largest absolute Gasteiger partial charge is 0.330 e. The third-order valence-electron chi connectivity index (χ3n) is 2.72. The maximum Gasteiger partial charge on any atom is 0.188 e. The number of anilines is 2. The first-order chi connectivity index (χ1) is 9.11. The van der Waals surface area contributed by atoms with Gasteiger partial charge in [0, 0.05) is 6.07 Å². The predicted octanol–water partition coefficient (Wildman–Crippen LogP) is 5.14. The number of rotatable bonds is 2. The van der Waals surface area contributed by atoms with E-state index in [4.69, 9.17) is 11.6 Å². The molecule has 0 fully saturated rings. The Morgan fingerprint density at radius 3 is 2.84 bits per heavy atom. The molecule has 2 nitrogen and oxygen atoms in total. The summed E-state index contributed by atoms with van der Waals surface area (Å²) in [5, 5.41) is 4.51. The highest BCUT2D eigenvalue weighted by Crippen LogP contribution is 2.31. The van der Waals surface area contributed by atoms with Crippen LogP contribution in [0.3, 0.4) is 0 Å². The highest BCUT2D eigenvalue weighted by Gasteiger charge is 2.07. The SMILES string of the molecule is Cc1ccc(Nc2nc3cc(F)ccc3s2)c(Cl)c1. The molecule has 96 valence electrons. The number of aromatic nitrogens is 1. The van der Waals surface area contributed by atoms with E-state index >= 15 is 0 Å². The predicted molar refractivity (Wildman–Crippen MR) is 79.0 cm³/mol. The van der Waals surface area contributed by atoms with Gasteiger partial charge in [-0.25, -0.2) is 9.37 Å². The van der Waals surface area contributed by atoms with Crippen LogP contribution in [0.4, 0.5) is 15.2 Å². The minimum Gasteiger partial charge on any atom is -0.330 e. The van der Waals surface area contributed by atoms with Crippen LogP contribution in [0.2, 0.25) is 5.02 Å². The van der Waals surface area contributed by atoms with Crippen LogP contribution in [0.1, 0.15) is 5.56 Å². The number of halogens is 2. The molecule has 2 aromatic carbocycles. The van der Waals surface area contributed by atoms with Gasteiger partial charge >= 0.3 is 0 Å². The maximum absolute atomic E-state index is 13.1. The Labute approximate surface area is 118 Å². The molecule has 0 atom stereocenters. The molecule has 1 N–H and O–H groups in total. The number of thiazole rings is 1. The van der Waals surface area contributed by atoms with Gasteiger partial charge in [-0.3, -0.25) is 0 Å². The first kappa shape index (κ1) is 12.4. The van der Waals surface area contributed by atoms with E-state index in [9.17, 15) is 4.39 Å². The maximum atomic E-state index is 13.1. The van der Waals surface area contributed by atoms with Crippen molar-refractivity contribution < 1.29 is 4.39 Å². The normalized spacial score (nSPS) is 10.9. The third kappa shape index (κ3) is 2.55. The van der Waals surface area contributed by atoms with Crippen molar-refractivity contribution in [3.63, 3.8) is 0 Å². The lowest BCUT2D eigenvalue weighted by Crippen LogP contribution is -1.90. The van der Waals surface area contributed by atoms with Crippen molar-refractivity contribution >= 4 is 44.0 Å². The third-order valence-corrected chi connectivity index (χ3v) is 3.98. The first-order valence-corrected chi connectivity index (χ1v) is 6.90. The molecule has 0 aliphatic rings. The van der Waals surface area contributed by atoms with Gasteiger partial charge in [-0.05, 0) is 36.8 Å². The van der Waals surface area contributed by atoms with Gasteiger partial charge in [0.15, 0.2) is 5.13 Å². The average molecular weight is 293 g/mol. The lowest BCUT2D eigenvalue weighted by atomic mass is 10.2. The Morgan fingerprint density at radius 1 is 1.21 bits per heavy atom. The Balaban J connectivity index is 1.96. The minimum absolute atomic E-state index is 0.280. The summed E-state index contributed by atoms with van der Waals surface area (Å²) in [5.41, 5.74) is 2.55. The quantitative estimate of drug-likeness (QED) is 0.707. The van der Waals surface area contributed by atoms with Crippen molar-refractivity contribution in [3.05, 3.63) is 52.8 Å². The van der Waals surface area contributed by atoms with E-state index in [1.165, 1.54) is 23.5 Å². The number of hydrogen-bond donors (Lipinski definition) is 1. The Bertz CT molecular complexity index is 754. The molecule has 1 heterocycles. The summed E-state index contributed by atoms with van der Waals surface area (Å²) < 4.78 is 14.0. The number of hydrogen-bond acceptors (Lipinski definition) is 3. The van der Waals surface area contributed by atoms with E-state index in [0.717, 1.165) is 16.0 Å². The molecule has 0 bridgehead atoms. The highest BCUT2D eigenvalue weighted by molar-refractivity contribution is 7.22. The fourth-order valence-corrected chi connectivity index (χ4v) is 2.93. The molecule has 0 aliphatic carbocycles. The Kier molecular flexibility index (Phi) is 3.12. The summed E-state index contributed by atoms with van der Waals surface area (Å²) >= 11 is 7.62. The topological polar surface area (TPSA) is 24.9 Å². The van der Waals surface area contributed by atoms with Gasteiger partial charge in [0.25, 0.3) is 0 Å². The molecular weight excluding hydrogens is 283 g/mol. The highest BCUT2D eigenvalue weighted by atomic mass is 35.5. The zero-order valence-electron chi connectivity index (χ0n) is 10.1. The van der Waals surface area contributed by atoms with Crippen molar-refractivity contribution in [2.45, 2.75) is 6.92 Å². The zero-order chi connectivity index (χ0) is 13.4. The molecule has 0 saturated heterocycles. The number of benzene rings is 2. The summed E-state index contributed by atoms with van der Waals surface area (Å²) in [6.07, 6.45) is 0. The summed E-state index contributed by atoms with van der Waals surface area (Å²) in [5.74, 6) is -0.280. The zero-order valence-corrected chi connectivity index (χ0v) is 11.6. The smallest absolute Gasteiger partial charge is 0.188 e.